The van der Waals surface area contributed by atoms with E-state index < -0.39 is 22.9 Å². The Hall–Kier alpha value is -2.13. The van der Waals surface area contributed by atoms with E-state index in [0.29, 0.717) is 11.5 Å². The number of hydrogen-bond acceptors (Lipinski definition) is 7. The summed E-state index contributed by atoms with van der Waals surface area (Å²) in [6, 6.07) is 4.29. The maximum absolute atomic E-state index is 12.6. The van der Waals surface area contributed by atoms with Gasteiger partial charge in [0.05, 0.1) is 17.0 Å². The number of thioether (sulfide) groups is 1. The Morgan fingerprint density at radius 3 is 2.31 bits per heavy atom. The fourth-order valence-electron chi connectivity index (χ4n) is 2.08. The van der Waals surface area contributed by atoms with Crippen LogP contribution in [0.3, 0.4) is 0 Å². The third-order valence-electron chi connectivity index (χ3n) is 3.68. The van der Waals surface area contributed by atoms with Gasteiger partial charge >= 0.3 is 0 Å². The average molecular weight is 383 g/mol. The summed E-state index contributed by atoms with van der Waals surface area (Å²) in [6.07, 6.45) is 0. The number of ether oxygens (including phenoxy) is 1. The van der Waals surface area contributed by atoms with Gasteiger partial charge in [-0.15, -0.1) is 0 Å². The molecule has 0 radical (unpaired) electrons. The number of nitro groups is 1. The molecule has 0 aliphatic heterocycles. The fourth-order valence-corrected chi connectivity index (χ4v) is 2.74. The Labute approximate surface area is 157 Å². The van der Waals surface area contributed by atoms with Crippen molar-refractivity contribution < 1.29 is 19.2 Å². The Bertz CT molecular complexity index is 636. The molecule has 2 atom stereocenters. The SMILES string of the molecule is CCSC(=O)N(C(=O)[C@@H](N)C(C)C)C(C)COc1ccc([N+](=O)[O-])cc1. The summed E-state index contributed by atoms with van der Waals surface area (Å²) < 4.78 is 5.58. The van der Waals surface area contributed by atoms with Crippen molar-refractivity contribution in [2.24, 2.45) is 11.7 Å². The van der Waals surface area contributed by atoms with Crippen molar-refractivity contribution in [3.63, 3.8) is 0 Å². The first-order valence-electron chi connectivity index (χ1n) is 8.31. The van der Waals surface area contributed by atoms with E-state index in [9.17, 15) is 19.7 Å². The summed E-state index contributed by atoms with van der Waals surface area (Å²) in [5.74, 6) is 0.409. The molecule has 0 aliphatic carbocycles. The van der Waals surface area contributed by atoms with E-state index in [-0.39, 0.29) is 23.5 Å². The monoisotopic (exact) mass is 383 g/mol. The first-order chi connectivity index (χ1) is 12.2. The molecule has 0 heterocycles. The van der Waals surface area contributed by atoms with E-state index in [0.717, 1.165) is 16.7 Å². The van der Waals surface area contributed by atoms with Crippen LogP contribution in [0.15, 0.2) is 24.3 Å². The molecule has 26 heavy (non-hydrogen) atoms. The molecule has 8 nitrogen and oxygen atoms in total. The second kappa shape index (κ2) is 10.1. The van der Waals surface area contributed by atoms with Crippen LogP contribution in [-0.2, 0) is 4.79 Å². The maximum atomic E-state index is 12.6. The lowest BCUT2D eigenvalue weighted by atomic mass is 10.0. The Kier molecular flexibility index (Phi) is 8.53. The highest BCUT2D eigenvalue weighted by molar-refractivity contribution is 8.13. The van der Waals surface area contributed by atoms with Crippen molar-refractivity contribution >= 4 is 28.6 Å². The maximum Gasteiger partial charge on any atom is 0.288 e. The largest absolute Gasteiger partial charge is 0.491 e. The van der Waals surface area contributed by atoms with Crippen LogP contribution in [0.4, 0.5) is 10.5 Å². The molecule has 1 aromatic rings. The summed E-state index contributed by atoms with van der Waals surface area (Å²) in [6.45, 7) is 7.22. The smallest absolute Gasteiger partial charge is 0.288 e. The minimum Gasteiger partial charge on any atom is -0.491 e. The highest BCUT2D eigenvalue weighted by Gasteiger charge is 2.32. The second-order valence-corrected chi connectivity index (χ2v) is 7.30. The first-order valence-corrected chi connectivity index (χ1v) is 9.30. The van der Waals surface area contributed by atoms with Gasteiger partial charge in [0.25, 0.3) is 10.9 Å². The van der Waals surface area contributed by atoms with Crippen molar-refractivity contribution in [2.45, 2.75) is 39.8 Å². The number of nitro benzene ring substituents is 1. The van der Waals surface area contributed by atoms with Gasteiger partial charge in [-0.2, -0.15) is 0 Å². The van der Waals surface area contributed by atoms with E-state index in [1.807, 2.05) is 20.8 Å². The van der Waals surface area contributed by atoms with Gasteiger partial charge in [0.1, 0.15) is 12.4 Å². The number of benzene rings is 1. The summed E-state index contributed by atoms with van der Waals surface area (Å²) >= 11 is 1.03. The standard InChI is InChI=1S/C17H25N3O5S/c1-5-26-17(22)19(16(21)15(18)11(2)3)12(4)10-25-14-8-6-13(7-9-14)20(23)24/h6-9,11-12,15H,5,10,18H2,1-4H3/t12?,15-/m0/s1. The minimum absolute atomic E-state index is 0.0420. The van der Waals surface area contributed by atoms with E-state index in [2.05, 4.69) is 0 Å². The molecule has 144 valence electrons. The second-order valence-electron chi connectivity index (χ2n) is 6.09. The molecular formula is C17H25N3O5S. The van der Waals surface area contributed by atoms with Gasteiger partial charge < -0.3 is 10.5 Å². The molecule has 2 N–H and O–H groups in total. The molecule has 1 rings (SSSR count). The lowest BCUT2D eigenvalue weighted by molar-refractivity contribution is -0.384. The molecule has 1 aromatic carbocycles. The summed E-state index contributed by atoms with van der Waals surface area (Å²) in [4.78, 5) is 36.3. The molecule has 9 heteroatoms. The molecule has 0 saturated carbocycles. The topological polar surface area (TPSA) is 116 Å². The zero-order valence-electron chi connectivity index (χ0n) is 15.4. The van der Waals surface area contributed by atoms with Crippen LogP contribution >= 0.6 is 11.8 Å². The zero-order chi connectivity index (χ0) is 19.9. The van der Waals surface area contributed by atoms with Gasteiger partial charge in [-0.25, -0.2) is 0 Å². The molecular weight excluding hydrogens is 358 g/mol. The number of rotatable bonds is 8. The zero-order valence-corrected chi connectivity index (χ0v) is 16.2. The molecule has 0 spiro atoms. The number of amides is 2. The molecule has 0 bridgehead atoms. The first kappa shape index (κ1) is 21.9. The summed E-state index contributed by atoms with van der Waals surface area (Å²) in [5.41, 5.74) is 5.89. The number of nitrogens with two attached hydrogens (primary N) is 1. The number of nitrogens with zero attached hydrogens (tertiary/aromatic N) is 2. The molecule has 0 saturated heterocycles. The lowest BCUT2D eigenvalue weighted by Gasteiger charge is -2.30. The van der Waals surface area contributed by atoms with Crippen LogP contribution in [0.5, 0.6) is 5.75 Å². The van der Waals surface area contributed by atoms with Gasteiger partial charge in [-0.3, -0.25) is 24.6 Å². The van der Waals surface area contributed by atoms with Crippen molar-refractivity contribution in [1.29, 1.82) is 0 Å². The fraction of sp³-hybridized carbons (Fsp3) is 0.529. The van der Waals surface area contributed by atoms with Crippen LogP contribution in [0.1, 0.15) is 27.7 Å². The van der Waals surface area contributed by atoms with E-state index in [1.54, 1.807) is 6.92 Å². The highest BCUT2D eigenvalue weighted by atomic mass is 32.2. The van der Waals surface area contributed by atoms with Gasteiger partial charge in [-0.1, -0.05) is 32.5 Å². The van der Waals surface area contributed by atoms with Crippen molar-refractivity contribution in [1.82, 2.24) is 4.90 Å². The van der Waals surface area contributed by atoms with Crippen LogP contribution in [-0.4, -0.2) is 45.4 Å². The lowest BCUT2D eigenvalue weighted by Crippen LogP contribution is -2.52. The third-order valence-corrected chi connectivity index (χ3v) is 4.42. The number of imide groups is 1. The van der Waals surface area contributed by atoms with E-state index in [1.165, 1.54) is 24.3 Å². The van der Waals surface area contributed by atoms with Crippen LogP contribution in [0.2, 0.25) is 0 Å². The molecule has 1 unspecified atom stereocenters. The molecule has 0 fully saturated rings. The molecule has 0 aliphatic rings. The average Bonchev–Trinajstić information content (AvgIpc) is 2.59. The summed E-state index contributed by atoms with van der Waals surface area (Å²) in [5, 5.41) is 10.3. The van der Waals surface area contributed by atoms with Crippen LogP contribution < -0.4 is 10.5 Å². The third kappa shape index (κ3) is 5.99. The number of hydrogen-bond donors (Lipinski definition) is 1. The Morgan fingerprint density at radius 2 is 1.85 bits per heavy atom. The van der Waals surface area contributed by atoms with Crippen LogP contribution in [0.25, 0.3) is 0 Å². The normalized spacial score (nSPS) is 13.2. The van der Waals surface area contributed by atoms with Gasteiger partial charge in [0.15, 0.2) is 0 Å². The quantitative estimate of drug-likeness (QED) is 0.542. The van der Waals surface area contributed by atoms with Crippen molar-refractivity contribution in [3.8, 4) is 5.75 Å². The van der Waals surface area contributed by atoms with Gasteiger partial charge in [-0.05, 0) is 30.7 Å². The minimum atomic E-state index is -0.779. The highest BCUT2D eigenvalue weighted by Crippen LogP contribution is 2.19. The number of carbonyl (C=O) groups excluding carboxylic acids is 2. The molecule has 0 aromatic heterocycles. The van der Waals surface area contributed by atoms with Crippen molar-refractivity contribution in [3.05, 3.63) is 34.4 Å². The van der Waals surface area contributed by atoms with Crippen molar-refractivity contribution in [2.75, 3.05) is 12.4 Å². The van der Waals surface area contributed by atoms with Crippen LogP contribution in [0, 0.1) is 16.0 Å². The van der Waals surface area contributed by atoms with E-state index in [4.69, 9.17) is 10.5 Å². The Morgan fingerprint density at radius 1 is 1.27 bits per heavy atom. The Balaban J connectivity index is 2.84. The molecule has 2 amide bonds. The predicted molar refractivity (Wildman–Crippen MR) is 101 cm³/mol. The number of non-ortho nitro benzene ring substituents is 1. The van der Waals surface area contributed by atoms with Gasteiger partial charge in [0, 0.05) is 12.1 Å². The summed E-state index contributed by atoms with van der Waals surface area (Å²) in [7, 11) is 0. The number of carbonyl (C=O) groups is 2. The van der Waals surface area contributed by atoms with Gasteiger partial charge in [0.2, 0.25) is 5.91 Å². The predicted octanol–water partition coefficient (Wildman–Crippen LogP) is 3.05. The van der Waals surface area contributed by atoms with E-state index >= 15 is 0 Å².